The third-order valence-electron chi connectivity index (χ3n) is 7.92. The number of nitrogens with zero attached hydrogens (tertiary/aromatic N) is 1. The number of amides is 2. The zero-order valence-corrected chi connectivity index (χ0v) is 20.2. The van der Waals surface area contributed by atoms with Crippen LogP contribution in [0.3, 0.4) is 0 Å². The van der Waals surface area contributed by atoms with Crippen molar-refractivity contribution in [2.24, 2.45) is 23.5 Å². The zero-order valence-electron chi connectivity index (χ0n) is 20.2. The van der Waals surface area contributed by atoms with E-state index in [-0.39, 0.29) is 54.4 Å². The molecule has 6 unspecified atom stereocenters. The van der Waals surface area contributed by atoms with Crippen LogP contribution in [0.15, 0.2) is 0 Å². The number of nitrogens with two attached hydrogens (primary N) is 1. The van der Waals surface area contributed by atoms with E-state index in [1.807, 2.05) is 0 Å². The Bertz CT molecular complexity index is 710. The number of carbonyl (C=O) groups excluding carboxylic acids is 2. The molecule has 0 aromatic heterocycles. The van der Waals surface area contributed by atoms with Gasteiger partial charge in [-0.25, -0.2) is 4.39 Å². The zero-order chi connectivity index (χ0) is 24.2. The van der Waals surface area contributed by atoms with Gasteiger partial charge >= 0.3 is 0 Å². The molecule has 0 aromatic rings. The largest absolute Gasteiger partial charge is 0.379 e. The summed E-state index contributed by atoms with van der Waals surface area (Å²) in [5, 5.41) is 19.9. The summed E-state index contributed by atoms with van der Waals surface area (Å²) >= 11 is 0. The Morgan fingerprint density at radius 2 is 1.88 bits per heavy atom. The lowest BCUT2D eigenvalue weighted by Gasteiger charge is -2.47. The highest BCUT2D eigenvalue weighted by Gasteiger charge is 2.44. The number of nitrogens with one attached hydrogen (secondary N) is 6. The van der Waals surface area contributed by atoms with Gasteiger partial charge in [-0.05, 0) is 19.3 Å². The summed E-state index contributed by atoms with van der Waals surface area (Å²) in [6, 6.07) is 0.0192. The molecule has 2 amide bonds. The molecule has 3 saturated heterocycles. The SMILES string of the molecule is CNC(=O)[C@@H]1CCN(C2NCC(C(N)=O)C(NC3CCCC(C4NCC(F)CN4)C3OC)N2)C1. The molecule has 4 fully saturated rings. The molecule has 1 saturated carbocycles. The number of rotatable bonds is 7. The number of alkyl halides is 1. The van der Waals surface area contributed by atoms with E-state index in [9.17, 15) is 14.0 Å². The minimum absolute atomic E-state index is 0.00605. The van der Waals surface area contributed by atoms with Gasteiger partial charge < -0.3 is 15.8 Å². The molecule has 4 rings (SSSR count). The Hall–Kier alpha value is -1.41. The van der Waals surface area contributed by atoms with E-state index in [2.05, 4.69) is 36.8 Å². The Kier molecular flexibility index (Phi) is 8.72. The highest BCUT2D eigenvalue weighted by molar-refractivity contribution is 5.79. The summed E-state index contributed by atoms with van der Waals surface area (Å²) in [7, 11) is 3.38. The van der Waals surface area contributed by atoms with Gasteiger partial charge in [0.1, 0.15) is 12.5 Å². The minimum atomic E-state index is -0.879. The second-order valence-corrected chi connectivity index (χ2v) is 10.0. The molecule has 1 aliphatic carbocycles. The maximum absolute atomic E-state index is 13.6. The lowest BCUT2D eigenvalue weighted by molar-refractivity contribution is -0.125. The third-order valence-corrected chi connectivity index (χ3v) is 7.92. The van der Waals surface area contributed by atoms with E-state index in [4.69, 9.17) is 10.5 Å². The van der Waals surface area contributed by atoms with Crippen LogP contribution in [0.2, 0.25) is 0 Å². The first-order valence-corrected chi connectivity index (χ1v) is 12.5. The van der Waals surface area contributed by atoms with Gasteiger partial charge in [0, 0.05) is 58.8 Å². The van der Waals surface area contributed by atoms with Gasteiger partial charge in [-0.2, -0.15) is 0 Å². The van der Waals surface area contributed by atoms with Crippen molar-refractivity contribution in [2.45, 2.75) is 62.6 Å². The summed E-state index contributed by atoms with van der Waals surface area (Å²) in [4.78, 5) is 26.5. The van der Waals surface area contributed by atoms with Crippen molar-refractivity contribution < 1.29 is 18.7 Å². The fourth-order valence-corrected chi connectivity index (χ4v) is 6.07. The van der Waals surface area contributed by atoms with Crippen molar-refractivity contribution in [1.82, 2.24) is 36.8 Å². The van der Waals surface area contributed by atoms with Crippen molar-refractivity contribution in [3.8, 4) is 0 Å². The van der Waals surface area contributed by atoms with Crippen LogP contribution in [0.1, 0.15) is 25.7 Å². The van der Waals surface area contributed by atoms with Crippen molar-refractivity contribution >= 4 is 11.8 Å². The maximum Gasteiger partial charge on any atom is 0.224 e. The molecule has 11 nitrogen and oxygen atoms in total. The van der Waals surface area contributed by atoms with Crippen molar-refractivity contribution in [3.63, 3.8) is 0 Å². The lowest BCUT2D eigenvalue weighted by atomic mass is 9.80. The monoisotopic (exact) mass is 484 g/mol. The van der Waals surface area contributed by atoms with Crippen molar-refractivity contribution in [2.75, 3.05) is 46.9 Å². The molecule has 4 aliphatic rings. The van der Waals surface area contributed by atoms with Gasteiger partial charge in [0.2, 0.25) is 11.8 Å². The topological polar surface area (TPSA) is 145 Å². The number of hydrogen-bond donors (Lipinski definition) is 7. The number of halogens is 1. The highest BCUT2D eigenvalue weighted by atomic mass is 19.1. The number of primary amides is 1. The normalized spacial score (nSPS) is 41.8. The molecular formula is C22H41FN8O3. The van der Waals surface area contributed by atoms with Crippen molar-refractivity contribution in [1.29, 1.82) is 0 Å². The molecule has 34 heavy (non-hydrogen) atoms. The van der Waals surface area contributed by atoms with Crippen LogP contribution < -0.4 is 37.6 Å². The molecule has 0 radical (unpaired) electrons. The molecule has 7 atom stereocenters. The Morgan fingerprint density at radius 1 is 1.12 bits per heavy atom. The predicted octanol–water partition coefficient (Wildman–Crippen LogP) is -2.41. The van der Waals surface area contributed by atoms with Crippen molar-refractivity contribution in [3.05, 3.63) is 0 Å². The molecule has 194 valence electrons. The fourth-order valence-electron chi connectivity index (χ4n) is 6.07. The summed E-state index contributed by atoms with van der Waals surface area (Å²) < 4.78 is 19.6. The van der Waals surface area contributed by atoms with Crippen LogP contribution in [0.25, 0.3) is 0 Å². The van der Waals surface area contributed by atoms with Crippen LogP contribution in [0.4, 0.5) is 4.39 Å². The standard InChI is InChI=1S/C22H41FN8O3/c1-25-21(33)12-6-7-31(11-12)22-28-10-15(18(24)32)20(30-22)29-16-5-3-4-14(17(16)34-2)19-26-8-13(23)9-27-19/h12-17,19-20,22,26-30H,3-11H2,1-2H3,(H2,24,32)(H,25,33)/t12-,13?,14?,15?,16?,17?,19?,20?,22?/m1/s1. The first-order chi connectivity index (χ1) is 16.4. The predicted molar refractivity (Wildman–Crippen MR) is 125 cm³/mol. The molecule has 0 aromatic carbocycles. The van der Waals surface area contributed by atoms with Crippen LogP contribution in [-0.4, -0.2) is 101 Å². The number of hydrogen-bond acceptors (Lipinski definition) is 9. The fraction of sp³-hybridized carbons (Fsp3) is 0.909. The summed E-state index contributed by atoms with van der Waals surface area (Å²) in [6.45, 7) is 2.58. The molecule has 3 heterocycles. The van der Waals surface area contributed by atoms with Gasteiger partial charge in [0.05, 0.1) is 30.3 Å². The Balaban J connectivity index is 1.41. The second kappa shape index (κ2) is 11.5. The molecular weight excluding hydrogens is 443 g/mol. The Morgan fingerprint density at radius 3 is 2.56 bits per heavy atom. The highest BCUT2D eigenvalue weighted by Crippen LogP contribution is 2.30. The summed E-state index contributed by atoms with van der Waals surface area (Å²) in [5.41, 5.74) is 5.75. The third kappa shape index (κ3) is 5.69. The van der Waals surface area contributed by atoms with E-state index in [0.29, 0.717) is 26.2 Å². The maximum atomic E-state index is 13.6. The number of ether oxygens (including phenoxy) is 1. The van der Waals surface area contributed by atoms with E-state index in [1.54, 1.807) is 14.2 Å². The van der Waals surface area contributed by atoms with Gasteiger partial charge in [-0.1, -0.05) is 6.42 Å². The van der Waals surface area contributed by atoms with Crippen LogP contribution in [-0.2, 0) is 14.3 Å². The first-order valence-electron chi connectivity index (χ1n) is 12.5. The van der Waals surface area contributed by atoms with E-state index in [1.165, 1.54) is 0 Å². The van der Waals surface area contributed by atoms with Crippen LogP contribution in [0, 0.1) is 17.8 Å². The molecule has 3 aliphatic heterocycles. The van der Waals surface area contributed by atoms with Gasteiger partial charge in [-0.3, -0.25) is 41.1 Å². The average Bonchev–Trinajstić information content (AvgIpc) is 3.34. The van der Waals surface area contributed by atoms with E-state index >= 15 is 0 Å². The van der Waals surface area contributed by atoms with Gasteiger partial charge in [0.15, 0.2) is 0 Å². The first kappa shape index (κ1) is 25.7. The molecule has 8 N–H and O–H groups in total. The summed E-state index contributed by atoms with van der Waals surface area (Å²) in [5.74, 6) is -0.593. The Labute approximate surface area is 200 Å². The quantitative estimate of drug-likeness (QED) is 0.210. The number of likely N-dealkylation sites (tertiary alicyclic amines) is 1. The minimum Gasteiger partial charge on any atom is -0.379 e. The average molecular weight is 485 g/mol. The van der Waals surface area contributed by atoms with Gasteiger partial charge in [0.25, 0.3) is 0 Å². The molecule has 0 spiro atoms. The van der Waals surface area contributed by atoms with Gasteiger partial charge in [-0.15, -0.1) is 0 Å². The van der Waals surface area contributed by atoms with Crippen LogP contribution in [0.5, 0.6) is 0 Å². The smallest absolute Gasteiger partial charge is 0.224 e. The summed E-state index contributed by atoms with van der Waals surface area (Å²) in [6.07, 6.45) is 2.24. The molecule has 0 bridgehead atoms. The number of carbonyl (C=O) groups is 2. The second-order valence-electron chi connectivity index (χ2n) is 10.0. The lowest BCUT2D eigenvalue weighted by Crippen LogP contribution is -2.72. The van der Waals surface area contributed by atoms with Crippen LogP contribution >= 0.6 is 0 Å². The number of methoxy groups -OCH3 is 1. The van der Waals surface area contributed by atoms with E-state index in [0.717, 1.165) is 32.2 Å². The van der Waals surface area contributed by atoms with E-state index < -0.39 is 12.1 Å². The molecule has 12 heteroatoms.